The Labute approximate surface area is 143 Å². The molecule has 2 amide bonds. The van der Waals surface area contributed by atoms with E-state index in [2.05, 4.69) is 42.1 Å². The number of benzene rings is 1. The van der Waals surface area contributed by atoms with Crippen LogP contribution >= 0.6 is 0 Å². The minimum atomic E-state index is 0.0164. The van der Waals surface area contributed by atoms with Crippen LogP contribution in [0.15, 0.2) is 30.3 Å². The smallest absolute Gasteiger partial charge is 0.317 e. The van der Waals surface area contributed by atoms with E-state index in [0.29, 0.717) is 44.2 Å². The van der Waals surface area contributed by atoms with Gasteiger partial charge in [0.1, 0.15) is 0 Å². The number of urea groups is 1. The van der Waals surface area contributed by atoms with Crippen LogP contribution in [-0.4, -0.2) is 55.4 Å². The molecule has 132 valence electrons. The highest BCUT2D eigenvalue weighted by atomic mass is 16.5. The number of nitrogens with one attached hydrogen (secondary N) is 3. The molecule has 6 heteroatoms. The Kier molecular flexibility index (Phi) is 5.71. The molecule has 3 N–H and O–H groups in total. The van der Waals surface area contributed by atoms with E-state index in [1.54, 1.807) is 0 Å². The highest BCUT2D eigenvalue weighted by Gasteiger charge is 2.31. The topological polar surface area (TPSA) is 65.6 Å². The summed E-state index contributed by atoms with van der Waals surface area (Å²) < 4.78 is 5.83. The van der Waals surface area contributed by atoms with E-state index in [1.165, 1.54) is 5.56 Å². The van der Waals surface area contributed by atoms with Gasteiger partial charge in [-0.25, -0.2) is 4.79 Å². The van der Waals surface area contributed by atoms with E-state index >= 15 is 0 Å². The summed E-state index contributed by atoms with van der Waals surface area (Å²) in [5.41, 5.74) is 7.69. The Morgan fingerprint density at radius 3 is 2.67 bits per heavy atom. The van der Waals surface area contributed by atoms with Gasteiger partial charge in [0, 0.05) is 44.1 Å². The van der Waals surface area contributed by atoms with Gasteiger partial charge >= 0.3 is 6.03 Å². The second-order valence-electron chi connectivity index (χ2n) is 6.84. The number of hydrogen-bond acceptors (Lipinski definition) is 4. The van der Waals surface area contributed by atoms with Crippen molar-refractivity contribution in [2.24, 2.45) is 5.92 Å². The fourth-order valence-electron chi connectivity index (χ4n) is 3.48. The maximum Gasteiger partial charge on any atom is 0.317 e. The first-order valence-corrected chi connectivity index (χ1v) is 8.83. The molecule has 1 aromatic carbocycles. The normalized spacial score (nSPS) is 30.3. The quantitative estimate of drug-likeness (QED) is 0.774. The number of hydrazine groups is 1. The number of hydrogen-bond donors (Lipinski definition) is 3. The monoisotopic (exact) mass is 332 g/mol. The molecule has 2 fully saturated rings. The predicted octanol–water partition coefficient (Wildman–Crippen LogP) is 1.14. The molecule has 24 heavy (non-hydrogen) atoms. The first-order chi connectivity index (χ1) is 11.6. The fourth-order valence-corrected chi connectivity index (χ4v) is 3.48. The molecular formula is C18H28N4O2. The van der Waals surface area contributed by atoms with E-state index < -0.39 is 0 Å². The summed E-state index contributed by atoms with van der Waals surface area (Å²) in [5, 5.41) is 3.09. The SMILES string of the molecule is CC1NNC(C)C1CNC(=O)N1CCOC(Cc2ccccc2)C1. The highest BCUT2D eigenvalue weighted by Crippen LogP contribution is 2.14. The van der Waals surface area contributed by atoms with Crippen molar-refractivity contribution in [3.63, 3.8) is 0 Å². The van der Waals surface area contributed by atoms with Crippen LogP contribution in [0.2, 0.25) is 0 Å². The van der Waals surface area contributed by atoms with Gasteiger partial charge in [0.15, 0.2) is 0 Å². The summed E-state index contributed by atoms with van der Waals surface area (Å²) in [6, 6.07) is 11.0. The molecule has 0 radical (unpaired) electrons. The number of morpholine rings is 1. The predicted molar refractivity (Wildman–Crippen MR) is 93.5 cm³/mol. The second kappa shape index (κ2) is 7.96. The van der Waals surface area contributed by atoms with Crippen LogP contribution in [-0.2, 0) is 11.2 Å². The summed E-state index contributed by atoms with van der Waals surface area (Å²) >= 11 is 0. The number of carbonyl (C=O) groups is 1. The lowest BCUT2D eigenvalue weighted by Gasteiger charge is -2.33. The molecule has 3 rings (SSSR count). The van der Waals surface area contributed by atoms with Crippen molar-refractivity contribution in [1.82, 2.24) is 21.1 Å². The lowest BCUT2D eigenvalue weighted by Crippen LogP contribution is -2.51. The van der Waals surface area contributed by atoms with Crippen molar-refractivity contribution >= 4 is 6.03 Å². The molecule has 3 atom stereocenters. The molecule has 1 aromatic rings. The third-order valence-electron chi connectivity index (χ3n) is 5.04. The van der Waals surface area contributed by atoms with Crippen LogP contribution in [0.3, 0.4) is 0 Å². The van der Waals surface area contributed by atoms with Crippen molar-refractivity contribution in [3.8, 4) is 0 Å². The summed E-state index contributed by atoms with van der Waals surface area (Å²) in [5.74, 6) is 0.398. The maximum absolute atomic E-state index is 12.5. The number of carbonyl (C=O) groups excluding carboxylic acids is 1. The third kappa shape index (κ3) is 4.26. The second-order valence-corrected chi connectivity index (χ2v) is 6.84. The van der Waals surface area contributed by atoms with Gasteiger partial charge in [0.25, 0.3) is 0 Å². The van der Waals surface area contributed by atoms with Crippen LogP contribution in [0.1, 0.15) is 19.4 Å². The zero-order chi connectivity index (χ0) is 16.9. The summed E-state index contributed by atoms with van der Waals surface area (Å²) in [4.78, 5) is 14.4. The summed E-state index contributed by atoms with van der Waals surface area (Å²) in [6.45, 7) is 6.86. The van der Waals surface area contributed by atoms with E-state index in [1.807, 2.05) is 23.1 Å². The van der Waals surface area contributed by atoms with Gasteiger partial charge in [-0.2, -0.15) is 0 Å². The maximum atomic E-state index is 12.5. The molecule has 2 aliphatic heterocycles. The summed E-state index contributed by atoms with van der Waals surface area (Å²) in [7, 11) is 0. The molecule has 0 spiro atoms. The molecule has 0 aliphatic carbocycles. The number of rotatable bonds is 4. The molecule has 2 saturated heterocycles. The number of nitrogens with zero attached hydrogens (tertiary/aromatic N) is 1. The first-order valence-electron chi connectivity index (χ1n) is 8.83. The van der Waals surface area contributed by atoms with Gasteiger partial charge in [-0.05, 0) is 19.4 Å². The van der Waals surface area contributed by atoms with Gasteiger partial charge < -0.3 is 15.0 Å². The Balaban J connectivity index is 1.48. The number of ether oxygens (including phenoxy) is 1. The van der Waals surface area contributed by atoms with Crippen molar-refractivity contribution in [3.05, 3.63) is 35.9 Å². The minimum Gasteiger partial charge on any atom is -0.374 e. The van der Waals surface area contributed by atoms with Crippen molar-refractivity contribution in [1.29, 1.82) is 0 Å². The van der Waals surface area contributed by atoms with Gasteiger partial charge in [0.05, 0.1) is 12.7 Å². The number of amides is 2. The standard InChI is InChI=1S/C18H28N4O2/c1-13-17(14(2)21-20-13)11-19-18(23)22-8-9-24-16(12-22)10-15-6-4-3-5-7-15/h3-7,13-14,16-17,20-21H,8-12H2,1-2H3,(H,19,23). The van der Waals surface area contributed by atoms with Crippen LogP contribution in [0.25, 0.3) is 0 Å². The third-order valence-corrected chi connectivity index (χ3v) is 5.04. The summed E-state index contributed by atoms with van der Waals surface area (Å²) in [6.07, 6.45) is 0.911. The molecule has 6 nitrogen and oxygen atoms in total. The van der Waals surface area contributed by atoms with E-state index in [4.69, 9.17) is 4.74 Å². The Bertz CT molecular complexity index is 529. The average Bonchev–Trinajstić information content (AvgIpc) is 2.92. The van der Waals surface area contributed by atoms with Crippen molar-refractivity contribution in [2.45, 2.75) is 38.5 Å². The molecule has 2 aliphatic rings. The first kappa shape index (κ1) is 17.2. The van der Waals surface area contributed by atoms with Crippen LogP contribution in [0.4, 0.5) is 4.79 Å². The molecular weight excluding hydrogens is 304 g/mol. The Morgan fingerprint density at radius 2 is 1.96 bits per heavy atom. The van der Waals surface area contributed by atoms with E-state index in [9.17, 15) is 4.79 Å². The highest BCUT2D eigenvalue weighted by molar-refractivity contribution is 5.74. The lowest BCUT2D eigenvalue weighted by atomic mass is 9.97. The van der Waals surface area contributed by atoms with Crippen LogP contribution in [0.5, 0.6) is 0 Å². The largest absolute Gasteiger partial charge is 0.374 e. The Morgan fingerprint density at radius 1 is 1.25 bits per heavy atom. The molecule has 2 heterocycles. The lowest BCUT2D eigenvalue weighted by molar-refractivity contribution is -0.0133. The van der Waals surface area contributed by atoms with Gasteiger partial charge in [-0.1, -0.05) is 30.3 Å². The molecule has 0 bridgehead atoms. The average molecular weight is 332 g/mol. The molecule has 3 unspecified atom stereocenters. The fraction of sp³-hybridized carbons (Fsp3) is 0.611. The molecule has 0 aromatic heterocycles. The van der Waals surface area contributed by atoms with Crippen molar-refractivity contribution < 1.29 is 9.53 Å². The molecule has 0 saturated carbocycles. The van der Waals surface area contributed by atoms with Gasteiger partial charge in [0.2, 0.25) is 0 Å². The van der Waals surface area contributed by atoms with Crippen LogP contribution < -0.4 is 16.2 Å². The Hall–Kier alpha value is -1.63. The van der Waals surface area contributed by atoms with Gasteiger partial charge in [-0.3, -0.25) is 10.9 Å². The van der Waals surface area contributed by atoms with E-state index in [-0.39, 0.29) is 12.1 Å². The van der Waals surface area contributed by atoms with Crippen LogP contribution in [0, 0.1) is 5.92 Å². The van der Waals surface area contributed by atoms with E-state index in [0.717, 1.165) is 6.42 Å². The van der Waals surface area contributed by atoms with Crippen molar-refractivity contribution in [2.75, 3.05) is 26.2 Å². The minimum absolute atomic E-state index is 0.0164. The van der Waals surface area contributed by atoms with Gasteiger partial charge in [-0.15, -0.1) is 0 Å². The zero-order valence-corrected chi connectivity index (χ0v) is 14.5. The zero-order valence-electron chi connectivity index (χ0n) is 14.5.